The van der Waals surface area contributed by atoms with E-state index in [0.29, 0.717) is 12.3 Å². The summed E-state index contributed by atoms with van der Waals surface area (Å²) in [7, 11) is 0. The van der Waals surface area contributed by atoms with E-state index in [2.05, 4.69) is 55.0 Å². The minimum atomic E-state index is 0.143. The second kappa shape index (κ2) is 9.27. The zero-order chi connectivity index (χ0) is 22.9. The van der Waals surface area contributed by atoms with Gasteiger partial charge in [-0.15, -0.1) is 10.2 Å². The first kappa shape index (κ1) is 21.4. The first-order valence-corrected chi connectivity index (χ1v) is 13.0. The van der Waals surface area contributed by atoms with Gasteiger partial charge in [-0.05, 0) is 44.1 Å². The molecule has 4 heterocycles. The number of rotatable bonds is 6. The number of H-pyrrole nitrogens is 1. The number of likely N-dealkylation sites (tertiary alicyclic amines) is 1. The van der Waals surface area contributed by atoms with Gasteiger partial charge in [-0.2, -0.15) is 0 Å². The molecule has 7 nitrogen and oxygen atoms in total. The standard InChI is InChI=1S/C26H28N6OS/c33-25(31-15-12-23-21(16-31)20-10-4-5-11-22(20)27-23)18-34-26-29-28-24(17-30-13-6-7-14-30)32(26)19-8-2-1-3-9-19/h1-5,8-11,27H,6-7,12-18H2. The van der Waals surface area contributed by atoms with Crippen LogP contribution >= 0.6 is 11.8 Å². The Kier molecular flexibility index (Phi) is 5.84. The van der Waals surface area contributed by atoms with Crippen molar-refractivity contribution in [3.8, 4) is 5.69 Å². The molecular formula is C26H28N6OS. The topological polar surface area (TPSA) is 70.1 Å². The summed E-state index contributed by atoms with van der Waals surface area (Å²) in [6.07, 6.45) is 3.34. The van der Waals surface area contributed by atoms with E-state index < -0.39 is 0 Å². The highest BCUT2D eigenvalue weighted by Gasteiger charge is 2.25. The first-order valence-electron chi connectivity index (χ1n) is 12.0. The van der Waals surface area contributed by atoms with E-state index in [0.717, 1.165) is 54.8 Å². The molecule has 0 atom stereocenters. The number of nitrogens with zero attached hydrogens (tertiary/aromatic N) is 5. The van der Waals surface area contributed by atoms with E-state index in [1.165, 1.54) is 41.2 Å². The maximum atomic E-state index is 13.2. The van der Waals surface area contributed by atoms with Crippen molar-refractivity contribution in [2.24, 2.45) is 0 Å². The summed E-state index contributed by atoms with van der Waals surface area (Å²) in [5, 5.41) is 11.0. The zero-order valence-corrected chi connectivity index (χ0v) is 19.9. The average Bonchev–Trinajstić information content (AvgIpc) is 3.62. The molecular weight excluding hydrogens is 444 g/mol. The Morgan fingerprint density at radius 1 is 0.971 bits per heavy atom. The molecule has 2 aliphatic heterocycles. The molecule has 0 spiro atoms. The molecule has 2 aromatic carbocycles. The Bertz CT molecular complexity index is 1310. The zero-order valence-electron chi connectivity index (χ0n) is 19.1. The number of carbonyl (C=O) groups is 1. The lowest BCUT2D eigenvalue weighted by atomic mass is 10.0. The van der Waals surface area contributed by atoms with Gasteiger partial charge < -0.3 is 9.88 Å². The first-order chi connectivity index (χ1) is 16.8. The number of benzene rings is 2. The summed E-state index contributed by atoms with van der Waals surface area (Å²) < 4.78 is 2.12. The number of para-hydroxylation sites is 2. The van der Waals surface area contributed by atoms with Gasteiger partial charge in [0.15, 0.2) is 11.0 Å². The van der Waals surface area contributed by atoms with Crippen LogP contribution in [0, 0.1) is 0 Å². The van der Waals surface area contributed by atoms with E-state index in [-0.39, 0.29) is 5.91 Å². The monoisotopic (exact) mass is 472 g/mol. The fourth-order valence-corrected chi connectivity index (χ4v) is 5.94. The predicted molar refractivity (Wildman–Crippen MR) is 134 cm³/mol. The number of hydrogen-bond acceptors (Lipinski definition) is 5. The van der Waals surface area contributed by atoms with Crippen LogP contribution in [0.4, 0.5) is 0 Å². The number of thioether (sulfide) groups is 1. The lowest BCUT2D eigenvalue weighted by molar-refractivity contribution is -0.129. The van der Waals surface area contributed by atoms with E-state index in [1.54, 1.807) is 0 Å². The van der Waals surface area contributed by atoms with Crippen LogP contribution in [-0.2, 0) is 24.3 Å². The van der Waals surface area contributed by atoms with Crippen molar-refractivity contribution in [2.75, 3.05) is 25.4 Å². The molecule has 1 fully saturated rings. The number of aromatic nitrogens is 4. The van der Waals surface area contributed by atoms with Gasteiger partial charge in [0.05, 0.1) is 12.3 Å². The van der Waals surface area contributed by atoms with Crippen molar-refractivity contribution in [1.82, 2.24) is 29.5 Å². The molecule has 1 amide bonds. The van der Waals surface area contributed by atoms with Crippen LogP contribution in [0.1, 0.15) is 29.9 Å². The van der Waals surface area contributed by atoms with Gasteiger partial charge in [-0.3, -0.25) is 14.3 Å². The average molecular weight is 473 g/mol. The van der Waals surface area contributed by atoms with Gasteiger partial charge in [0.2, 0.25) is 5.91 Å². The molecule has 0 unspecified atom stereocenters. The van der Waals surface area contributed by atoms with Crippen molar-refractivity contribution in [3.63, 3.8) is 0 Å². The van der Waals surface area contributed by atoms with E-state index in [4.69, 9.17) is 0 Å². The summed E-state index contributed by atoms with van der Waals surface area (Å²) in [4.78, 5) is 21.1. The molecule has 8 heteroatoms. The van der Waals surface area contributed by atoms with Crippen LogP contribution in [-0.4, -0.2) is 60.8 Å². The summed E-state index contributed by atoms with van der Waals surface area (Å²) >= 11 is 1.48. The maximum absolute atomic E-state index is 13.2. The third kappa shape index (κ3) is 4.12. The maximum Gasteiger partial charge on any atom is 0.233 e. The summed E-state index contributed by atoms with van der Waals surface area (Å²) in [6.45, 7) is 4.39. The van der Waals surface area contributed by atoms with E-state index in [1.807, 2.05) is 29.2 Å². The molecule has 0 saturated carbocycles. The lowest BCUT2D eigenvalue weighted by Crippen LogP contribution is -2.37. The largest absolute Gasteiger partial charge is 0.358 e. The molecule has 4 aromatic rings. The van der Waals surface area contributed by atoms with Gasteiger partial charge >= 0.3 is 0 Å². The molecule has 174 valence electrons. The third-order valence-corrected chi connectivity index (χ3v) is 7.75. The Hall–Kier alpha value is -3.10. The van der Waals surface area contributed by atoms with Crippen molar-refractivity contribution >= 4 is 28.6 Å². The van der Waals surface area contributed by atoms with Crippen LogP contribution in [0.5, 0.6) is 0 Å². The van der Waals surface area contributed by atoms with Crippen molar-refractivity contribution < 1.29 is 4.79 Å². The van der Waals surface area contributed by atoms with Crippen LogP contribution in [0.15, 0.2) is 59.8 Å². The predicted octanol–water partition coefficient (Wildman–Crippen LogP) is 4.02. The summed E-state index contributed by atoms with van der Waals surface area (Å²) in [5.74, 6) is 1.43. The van der Waals surface area contributed by atoms with Crippen LogP contribution in [0.25, 0.3) is 16.6 Å². The Morgan fingerprint density at radius 2 is 1.76 bits per heavy atom. The van der Waals surface area contributed by atoms with Gasteiger partial charge in [0, 0.05) is 47.4 Å². The van der Waals surface area contributed by atoms with Gasteiger partial charge in [-0.25, -0.2) is 0 Å². The van der Waals surface area contributed by atoms with Crippen molar-refractivity contribution in [3.05, 3.63) is 71.7 Å². The SMILES string of the molecule is O=C(CSc1nnc(CN2CCCC2)n1-c1ccccc1)N1CCc2[nH]c3ccccc3c2C1. The van der Waals surface area contributed by atoms with Crippen LogP contribution in [0.3, 0.4) is 0 Å². The highest BCUT2D eigenvalue weighted by molar-refractivity contribution is 7.99. The molecule has 34 heavy (non-hydrogen) atoms. The second-order valence-corrected chi connectivity index (χ2v) is 9.98. The van der Waals surface area contributed by atoms with E-state index >= 15 is 0 Å². The van der Waals surface area contributed by atoms with E-state index in [9.17, 15) is 4.79 Å². The molecule has 2 aromatic heterocycles. The van der Waals surface area contributed by atoms with Crippen LogP contribution in [0.2, 0.25) is 0 Å². The van der Waals surface area contributed by atoms with Crippen molar-refractivity contribution in [1.29, 1.82) is 0 Å². The highest BCUT2D eigenvalue weighted by atomic mass is 32.2. The molecule has 0 bridgehead atoms. The molecule has 2 aliphatic rings. The summed E-state index contributed by atoms with van der Waals surface area (Å²) in [5.41, 5.74) is 4.70. The minimum absolute atomic E-state index is 0.143. The third-order valence-electron chi connectivity index (χ3n) is 6.84. The molecule has 6 rings (SSSR count). The molecule has 1 N–H and O–H groups in total. The smallest absolute Gasteiger partial charge is 0.233 e. The normalized spacial score (nSPS) is 16.3. The second-order valence-electron chi connectivity index (χ2n) is 9.03. The fraction of sp³-hybridized carbons (Fsp3) is 0.346. The molecule has 1 saturated heterocycles. The highest BCUT2D eigenvalue weighted by Crippen LogP contribution is 2.29. The number of hydrogen-bond donors (Lipinski definition) is 1. The Balaban J connectivity index is 1.19. The summed E-state index contributed by atoms with van der Waals surface area (Å²) in [6, 6.07) is 18.6. The number of fused-ring (bicyclic) bond motifs is 3. The van der Waals surface area contributed by atoms with Gasteiger partial charge in [0.1, 0.15) is 0 Å². The fourth-order valence-electron chi connectivity index (χ4n) is 5.07. The lowest BCUT2D eigenvalue weighted by Gasteiger charge is -2.27. The minimum Gasteiger partial charge on any atom is -0.358 e. The quantitative estimate of drug-likeness (QED) is 0.429. The number of aromatic amines is 1. The number of nitrogens with one attached hydrogen (secondary N) is 1. The van der Waals surface area contributed by atoms with Gasteiger partial charge in [-0.1, -0.05) is 48.2 Å². The van der Waals surface area contributed by atoms with Gasteiger partial charge in [0.25, 0.3) is 0 Å². The van der Waals surface area contributed by atoms with Crippen molar-refractivity contribution in [2.45, 2.75) is 37.5 Å². The Labute approximate surface area is 203 Å². The molecule has 0 radical (unpaired) electrons. The van der Waals surface area contributed by atoms with Crippen LogP contribution < -0.4 is 0 Å². The Morgan fingerprint density at radius 3 is 2.62 bits per heavy atom. The number of amides is 1. The molecule has 0 aliphatic carbocycles. The number of carbonyl (C=O) groups excluding carboxylic acids is 1.